The molecule has 0 bridgehead atoms. The van der Waals surface area contributed by atoms with Crippen LogP contribution in [0.25, 0.3) is 0 Å². The first-order valence-corrected chi connectivity index (χ1v) is 6.12. The minimum atomic E-state index is -0.105. The summed E-state index contributed by atoms with van der Waals surface area (Å²) in [7, 11) is 1.76. The largest absolute Gasteiger partial charge is 0.392 e. The average molecular weight is 261 g/mol. The van der Waals surface area contributed by atoms with Crippen LogP contribution in [0.5, 0.6) is 0 Å². The van der Waals surface area contributed by atoms with Gasteiger partial charge >= 0.3 is 0 Å². The molecule has 0 aliphatic carbocycles. The van der Waals surface area contributed by atoms with Gasteiger partial charge in [0, 0.05) is 13.1 Å². The Bertz CT molecular complexity index is 492. The molecule has 1 amide bonds. The summed E-state index contributed by atoms with van der Waals surface area (Å²) in [6.07, 6.45) is 0. The third-order valence-electron chi connectivity index (χ3n) is 2.61. The molecule has 0 aliphatic heterocycles. The summed E-state index contributed by atoms with van der Waals surface area (Å²) in [4.78, 5) is 13.4. The minimum Gasteiger partial charge on any atom is -0.392 e. The first-order valence-electron chi connectivity index (χ1n) is 6.12. The molecule has 0 aliphatic rings. The van der Waals surface area contributed by atoms with Gasteiger partial charge in [0.1, 0.15) is 6.07 Å². The van der Waals surface area contributed by atoms with Gasteiger partial charge in [-0.05, 0) is 31.5 Å². The molecule has 5 nitrogen and oxygen atoms in total. The third kappa shape index (κ3) is 4.27. The quantitative estimate of drug-likeness (QED) is 0.829. The summed E-state index contributed by atoms with van der Waals surface area (Å²) < 4.78 is 0. The van der Waals surface area contributed by atoms with Crippen LogP contribution in [-0.4, -0.2) is 30.6 Å². The predicted molar refractivity (Wildman–Crippen MR) is 73.6 cm³/mol. The van der Waals surface area contributed by atoms with Gasteiger partial charge in [-0.15, -0.1) is 0 Å². The number of hydrogen-bond donors (Lipinski definition) is 2. The molecule has 1 aromatic carbocycles. The van der Waals surface area contributed by atoms with Gasteiger partial charge in [0.25, 0.3) is 0 Å². The number of aliphatic hydroxyl groups is 1. The number of nitriles is 1. The Kier molecular flexibility index (Phi) is 5.34. The normalized spacial score (nSPS) is 10.1. The molecule has 0 radical (unpaired) electrons. The first-order chi connectivity index (χ1) is 8.97. The molecule has 0 atom stereocenters. The Balaban J connectivity index is 2.85. The highest BCUT2D eigenvalue weighted by atomic mass is 16.3. The van der Waals surface area contributed by atoms with Gasteiger partial charge in [0.05, 0.1) is 24.4 Å². The van der Waals surface area contributed by atoms with Crippen molar-refractivity contribution in [2.45, 2.75) is 26.5 Å². The zero-order valence-electron chi connectivity index (χ0n) is 11.5. The average Bonchev–Trinajstić information content (AvgIpc) is 2.36. The minimum absolute atomic E-state index is 0.0902. The second-order valence-corrected chi connectivity index (χ2v) is 4.70. The van der Waals surface area contributed by atoms with Gasteiger partial charge < -0.3 is 15.3 Å². The van der Waals surface area contributed by atoms with Crippen LogP contribution >= 0.6 is 0 Å². The molecule has 102 valence electrons. The summed E-state index contributed by atoms with van der Waals surface area (Å²) in [5.41, 5.74) is 1.81. The van der Waals surface area contributed by atoms with Crippen LogP contribution in [0.3, 0.4) is 0 Å². The number of carbonyl (C=O) groups excluding carboxylic acids is 1. The van der Waals surface area contributed by atoms with E-state index in [4.69, 9.17) is 10.4 Å². The van der Waals surface area contributed by atoms with Crippen molar-refractivity contribution >= 4 is 11.6 Å². The highest BCUT2D eigenvalue weighted by Gasteiger charge is 2.12. The summed E-state index contributed by atoms with van der Waals surface area (Å²) in [6.45, 7) is 3.88. The van der Waals surface area contributed by atoms with E-state index >= 15 is 0 Å². The Morgan fingerprint density at radius 1 is 1.53 bits per heavy atom. The number of aliphatic hydroxyl groups excluding tert-OH is 1. The zero-order chi connectivity index (χ0) is 14.4. The van der Waals surface area contributed by atoms with Crippen molar-refractivity contribution in [1.29, 1.82) is 5.26 Å². The lowest BCUT2D eigenvalue weighted by molar-refractivity contribution is -0.120. The lowest BCUT2D eigenvalue weighted by atomic mass is 10.1. The number of hydrogen-bond acceptors (Lipinski definition) is 4. The molecule has 0 heterocycles. The van der Waals surface area contributed by atoms with E-state index in [1.165, 1.54) is 0 Å². The van der Waals surface area contributed by atoms with E-state index in [-0.39, 0.29) is 25.1 Å². The number of amides is 1. The van der Waals surface area contributed by atoms with Gasteiger partial charge in [-0.2, -0.15) is 5.26 Å². The molecule has 2 N–H and O–H groups in total. The van der Waals surface area contributed by atoms with Crippen molar-refractivity contribution in [3.05, 3.63) is 29.3 Å². The Hall–Kier alpha value is -2.06. The van der Waals surface area contributed by atoms with Crippen LogP contribution in [-0.2, 0) is 11.4 Å². The van der Waals surface area contributed by atoms with E-state index in [1.54, 1.807) is 30.1 Å². The fraction of sp³-hybridized carbons (Fsp3) is 0.429. The second kappa shape index (κ2) is 6.76. The van der Waals surface area contributed by atoms with Gasteiger partial charge in [-0.1, -0.05) is 6.07 Å². The van der Waals surface area contributed by atoms with Gasteiger partial charge in [-0.25, -0.2) is 0 Å². The SMILES string of the molecule is CC(C)NC(=O)CN(C)c1ccc(CO)cc1C#N. The van der Waals surface area contributed by atoms with E-state index < -0.39 is 0 Å². The molecular formula is C14H19N3O2. The summed E-state index contributed by atoms with van der Waals surface area (Å²) >= 11 is 0. The monoisotopic (exact) mass is 261 g/mol. The van der Waals surface area contributed by atoms with E-state index in [1.807, 2.05) is 13.8 Å². The molecule has 5 heteroatoms. The number of carbonyl (C=O) groups is 1. The standard InChI is InChI=1S/C14H19N3O2/c1-10(2)16-14(19)8-17(3)13-5-4-11(9-18)6-12(13)7-15/h4-6,10,18H,8-9H2,1-3H3,(H,16,19). The van der Waals surface area contributed by atoms with E-state index in [9.17, 15) is 4.79 Å². The van der Waals surface area contributed by atoms with Crippen LogP contribution in [0.15, 0.2) is 18.2 Å². The van der Waals surface area contributed by atoms with E-state index in [0.717, 1.165) is 0 Å². The van der Waals surface area contributed by atoms with E-state index in [2.05, 4.69) is 11.4 Å². The molecule has 0 saturated heterocycles. The van der Waals surface area contributed by atoms with Crippen LogP contribution in [0.2, 0.25) is 0 Å². The molecular weight excluding hydrogens is 242 g/mol. The Labute approximate surface area is 113 Å². The topological polar surface area (TPSA) is 76.4 Å². The van der Waals surface area contributed by atoms with Crippen molar-refractivity contribution in [3.63, 3.8) is 0 Å². The van der Waals surface area contributed by atoms with Crippen molar-refractivity contribution in [2.75, 3.05) is 18.5 Å². The first kappa shape index (κ1) is 15.0. The fourth-order valence-corrected chi connectivity index (χ4v) is 1.77. The van der Waals surface area contributed by atoms with Gasteiger partial charge in [0.15, 0.2) is 0 Å². The van der Waals surface area contributed by atoms with Gasteiger partial charge in [0.2, 0.25) is 5.91 Å². The van der Waals surface area contributed by atoms with Crippen LogP contribution in [0, 0.1) is 11.3 Å². The lowest BCUT2D eigenvalue weighted by Gasteiger charge is -2.21. The molecule has 19 heavy (non-hydrogen) atoms. The highest BCUT2D eigenvalue weighted by molar-refractivity contribution is 5.82. The smallest absolute Gasteiger partial charge is 0.239 e. The predicted octanol–water partition coefficient (Wildman–Crippen LogP) is 1.01. The number of likely N-dealkylation sites (N-methyl/N-ethyl adjacent to an activating group) is 1. The van der Waals surface area contributed by atoms with Crippen molar-refractivity contribution in [3.8, 4) is 6.07 Å². The molecule has 1 rings (SSSR count). The lowest BCUT2D eigenvalue weighted by Crippen LogP contribution is -2.38. The van der Waals surface area contributed by atoms with Crippen molar-refractivity contribution in [1.82, 2.24) is 5.32 Å². The molecule has 0 saturated carbocycles. The zero-order valence-corrected chi connectivity index (χ0v) is 11.5. The number of anilines is 1. The maximum atomic E-state index is 11.7. The number of benzene rings is 1. The Morgan fingerprint density at radius 3 is 2.74 bits per heavy atom. The molecule has 1 aromatic rings. The fourth-order valence-electron chi connectivity index (χ4n) is 1.77. The maximum absolute atomic E-state index is 11.7. The summed E-state index contributed by atoms with van der Waals surface area (Å²) in [6, 6.07) is 7.29. The summed E-state index contributed by atoms with van der Waals surface area (Å²) in [5.74, 6) is -0.0902. The molecule has 0 spiro atoms. The number of nitrogens with one attached hydrogen (secondary N) is 1. The summed E-state index contributed by atoms with van der Waals surface area (Å²) in [5, 5.41) is 21.0. The maximum Gasteiger partial charge on any atom is 0.239 e. The number of rotatable bonds is 5. The van der Waals surface area contributed by atoms with Crippen LogP contribution in [0.1, 0.15) is 25.0 Å². The van der Waals surface area contributed by atoms with Crippen molar-refractivity contribution < 1.29 is 9.90 Å². The Morgan fingerprint density at radius 2 is 2.21 bits per heavy atom. The highest BCUT2D eigenvalue weighted by Crippen LogP contribution is 2.20. The van der Waals surface area contributed by atoms with Crippen LogP contribution in [0.4, 0.5) is 5.69 Å². The molecule has 0 aromatic heterocycles. The van der Waals surface area contributed by atoms with Crippen LogP contribution < -0.4 is 10.2 Å². The number of nitrogens with zero attached hydrogens (tertiary/aromatic N) is 2. The molecule has 0 fully saturated rings. The third-order valence-corrected chi connectivity index (χ3v) is 2.61. The van der Waals surface area contributed by atoms with E-state index in [0.29, 0.717) is 16.8 Å². The second-order valence-electron chi connectivity index (χ2n) is 4.70. The van der Waals surface area contributed by atoms with Gasteiger partial charge in [-0.3, -0.25) is 4.79 Å². The molecule has 0 unspecified atom stereocenters. The van der Waals surface area contributed by atoms with Crippen molar-refractivity contribution in [2.24, 2.45) is 0 Å².